The van der Waals surface area contributed by atoms with Gasteiger partial charge >= 0.3 is 6.09 Å². The van der Waals surface area contributed by atoms with Crippen LogP contribution in [-0.4, -0.2) is 96.3 Å². The minimum Gasteiger partial charge on any atom is -0.444 e. The topological polar surface area (TPSA) is 156 Å². The van der Waals surface area contributed by atoms with Crippen LogP contribution in [0.15, 0.2) is 24.5 Å². The molecule has 0 bridgehead atoms. The fraction of sp³-hybridized carbons (Fsp3) is 0.645. The fourth-order valence-electron chi connectivity index (χ4n) is 5.23. The molecule has 2 saturated heterocycles. The SMILES string of the molecule is CN(C)Cc1cc(N)ncc1C1(O)CCOCC1.CN(C)Cc1cc(NC(=O)OC(C)(C)C)ncc1C1(O)CCOCC1. The molecule has 43 heavy (non-hydrogen) atoms. The summed E-state index contributed by atoms with van der Waals surface area (Å²) in [5.41, 5.74) is 7.03. The maximum absolute atomic E-state index is 12.0. The molecule has 4 rings (SSSR count). The van der Waals surface area contributed by atoms with Gasteiger partial charge in [0, 0.05) is 88.7 Å². The van der Waals surface area contributed by atoms with Crippen LogP contribution in [0.1, 0.15) is 68.7 Å². The van der Waals surface area contributed by atoms with Crippen LogP contribution in [0.3, 0.4) is 0 Å². The van der Waals surface area contributed by atoms with Crippen molar-refractivity contribution < 1.29 is 29.2 Å². The van der Waals surface area contributed by atoms with Crippen molar-refractivity contribution in [1.29, 1.82) is 0 Å². The molecule has 0 unspecified atom stereocenters. The van der Waals surface area contributed by atoms with Gasteiger partial charge in [-0.3, -0.25) is 5.32 Å². The van der Waals surface area contributed by atoms with Crippen molar-refractivity contribution in [3.05, 3.63) is 46.8 Å². The van der Waals surface area contributed by atoms with Crippen molar-refractivity contribution in [2.45, 2.75) is 76.3 Å². The summed E-state index contributed by atoms with van der Waals surface area (Å²) >= 11 is 0. The Balaban J connectivity index is 0.000000248. The first-order valence-electron chi connectivity index (χ1n) is 14.7. The summed E-state index contributed by atoms with van der Waals surface area (Å²) in [6, 6.07) is 3.65. The lowest BCUT2D eigenvalue weighted by molar-refractivity contribution is -0.0691. The molecule has 240 valence electrons. The number of carbonyl (C=O) groups excluding carboxylic acids is 1. The lowest BCUT2D eigenvalue weighted by Crippen LogP contribution is -2.35. The average molecular weight is 603 g/mol. The molecule has 2 aliphatic heterocycles. The van der Waals surface area contributed by atoms with E-state index in [2.05, 4.69) is 20.2 Å². The second-order valence-electron chi connectivity index (χ2n) is 12.9. The van der Waals surface area contributed by atoms with Crippen LogP contribution in [0.2, 0.25) is 0 Å². The summed E-state index contributed by atoms with van der Waals surface area (Å²) in [6.45, 7) is 9.01. The maximum Gasteiger partial charge on any atom is 0.413 e. The average Bonchev–Trinajstić information content (AvgIpc) is 2.88. The highest BCUT2D eigenvalue weighted by molar-refractivity contribution is 5.83. The predicted molar refractivity (Wildman–Crippen MR) is 165 cm³/mol. The molecule has 0 saturated carbocycles. The van der Waals surface area contributed by atoms with E-state index in [0.29, 0.717) is 70.3 Å². The summed E-state index contributed by atoms with van der Waals surface area (Å²) in [5.74, 6) is 0.900. The number of hydrogen-bond donors (Lipinski definition) is 4. The van der Waals surface area contributed by atoms with Crippen LogP contribution < -0.4 is 11.1 Å². The van der Waals surface area contributed by atoms with Crippen molar-refractivity contribution in [2.75, 3.05) is 65.7 Å². The van der Waals surface area contributed by atoms with Gasteiger partial charge in [0.25, 0.3) is 0 Å². The molecule has 0 atom stereocenters. The number of nitrogens with one attached hydrogen (secondary N) is 1. The second-order valence-corrected chi connectivity index (χ2v) is 12.9. The van der Waals surface area contributed by atoms with E-state index in [1.54, 1.807) is 39.2 Å². The van der Waals surface area contributed by atoms with E-state index >= 15 is 0 Å². The number of anilines is 2. The zero-order valence-corrected chi connectivity index (χ0v) is 26.8. The normalized spacial score (nSPS) is 18.1. The van der Waals surface area contributed by atoms with E-state index < -0.39 is 22.9 Å². The summed E-state index contributed by atoms with van der Waals surface area (Å²) in [6.07, 6.45) is 5.10. The number of hydrogen-bond acceptors (Lipinski definition) is 11. The zero-order valence-electron chi connectivity index (χ0n) is 26.8. The van der Waals surface area contributed by atoms with Crippen LogP contribution in [-0.2, 0) is 38.5 Å². The number of ether oxygens (including phenoxy) is 3. The van der Waals surface area contributed by atoms with Gasteiger partial charge in [-0.05, 0) is 72.2 Å². The largest absolute Gasteiger partial charge is 0.444 e. The van der Waals surface area contributed by atoms with Gasteiger partial charge in [-0.25, -0.2) is 14.8 Å². The highest BCUT2D eigenvalue weighted by Crippen LogP contribution is 2.36. The number of aromatic nitrogens is 2. The lowest BCUT2D eigenvalue weighted by Gasteiger charge is -2.34. The summed E-state index contributed by atoms with van der Waals surface area (Å²) in [5, 5.41) is 24.4. The van der Waals surface area contributed by atoms with Gasteiger partial charge in [-0.1, -0.05) is 0 Å². The fourth-order valence-corrected chi connectivity index (χ4v) is 5.23. The molecule has 2 aromatic heterocycles. The first-order chi connectivity index (χ1) is 20.1. The Bertz CT molecular complexity index is 1200. The minimum atomic E-state index is -0.943. The van der Waals surface area contributed by atoms with Gasteiger partial charge in [-0.15, -0.1) is 0 Å². The van der Waals surface area contributed by atoms with Crippen molar-refractivity contribution in [2.24, 2.45) is 0 Å². The molecule has 12 heteroatoms. The van der Waals surface area contributed by atoms with Crippen LogP contribution in [0.5, 0.6) is 0 Å². The molecule has 2 aliphatic rings. The Hall–Kier alpha value is -2.87. The molecule has 0 aliphatic carbocycles. The zero-order chi connectivity index (χ0) is 31.8. The Labute approximate surface area is 255 Å². The number of pyridine rings is 2. The van der Waals surface area contributed by atoms with E-state index in [9.17, 15) is 15.0 Å². The quantitative estimate of drug-likeness (QED) is 0.369. The third kappa shape index (κ3) is 10.4. The van der Waals surface area contributed by atoms with E-state index in [1.165, 1.54) is 0 Å². The standard InChI is InChI=1S/C18H29N3O4.C13H21N3O2/c1-17(2,3)25-16(22)20-15-10-13(12-21(4)5)14(11-19-15)18(23)6-8-24-9-7-18;1-16(2)9-10-7-12(14)15-8-11(10)13(17)3-5-18-6-4-13/h10-11,23H,6-9,12H2,1-5H3,(H,19,20,22);7-8,17H,3-6,9H2,1-2H3,(H2,14,15). The number of carbonyl (C=O) groups is 1. The number of amides is 1. The Morgan fingerprint density at radius 3 is 1.77 bits per heavy atom. The van der Waals surface area contributed by atoms with Crippen molar-refractivity contribution in [3.63, 3.8) is 0 Å². The number of rotatable bonds is 7. The Kier molecular flexibility index (Phi) is 11.9. The predicted octanol–water partition coefficient (Wildman–Crippen LogP) is 3.21. The molecular weight excluding hydrogens is 552 g/mol. The third-order valence-electron chi connectivity index (χ3n) is 7.25. The molecule has 1 amide bonds. The van der Waals surface area contributed by atoms with E-state index in [4.69, 9.17) is 19.9 Å². The van der Waals surface area contributed by atoms with Gasteiger partial charge in [-0.2, -0.15) is 0 Å². The van der Waals surface area contributed by atoms with Crippen LogP contribution >= 0.6 is 0 Å². The van der Waals surface area contributed by atoms with Crippen molar-refractivity contribution in [1.82, 2.24) is 19.8 Å². The van der Waals surface area contributed by atoms with E-state index in [-0.39, 0.29) is 0 Å². The second kappa shape index (κ2) is 14.7. The third-order valence-corrected chi connectivity index (χ3v) is 7.25. The minimum absolute atomic E-state index is 0.408. The smallest absolute Gasteiger partial charge is 0.413 e. The highest BCUT2D eigenvalue weighted by Gasteiger charge is 2.35. The summed E-state index contributed by atoms with van der Waals surface area (Å²) < 4.78 is 15.9. The summed E-state index contributed by atoms with van der Waals surface area (Å²) in [4.78, 5) is 24.5. The molecular formula is C31H50N6O6. The van der Waals surface area contributed by atoms with Crippen molar-refractivity contribution >= 4 is 17.7 Å². The number of nitrogen functional groups attached to an aromatic ring is 1. The molecule has 0 radical (unpaired) electrons. The molecule has 2 fully saturated rings. The van der Waals surface area contributed by atoms with Crippen LogP contribution in [0.25, 0.3) is 0 Å². The molecule has 12 nitrogen and oxygen atoms in total. The monoisotopic (exact) mass is 602 g/mol. The number of nitrogens with two attached hydrogens (primary N) is 1. The lowest BCUT2D eigenvalue weighted by atomic mass is 9.84. The van der Waals surface area contributed by atoms with Gasteiger partial charge in [0.2, 0.25) is 0 Å². The molecule has 0 aromatic carbocycles. The molecule has 2 aromatic rings. The first kappa shape index (κ1) is 34.6. The molecule has 4 heterocycles. The van der Waals surface area contributed by atoms with E-state index in [1.807, 2.05) is 39.2 Å². The van der Waals surface area contributed by atoms with Gasteiger partial charge in [0.15, 0.2) is 0 Å². The molecule has 0 spiro atoms. The maximum atomic E-state index is 12.0. The highest BCUT2D eigenvalue weighted by atomic mass is 16.6. The number of nitrogens with zero attached hydrogens (tertiary/aromatic N) is 4. The van der Waals surface area contributed by atoms with Gasteiger partial charge in [0.1, 0.15) is 17.2 Å². The molecule has 5 N–H and O–H groups in total. The van der Waals surface area contributed by atoms with Gasteiger partial charge in [0.05, 0.1) is 11.2 Å². The summed E-state index contributed by atoms with van der Waals surface area (Å²) in [7, 11) is 7.90. The Morgan fingerprint density at radius 1 is 0.884 bits per heavy atom. The number of aliphatic hydroxyl groups is 2. The van der Waals surface area contributed by atoms with Crippen molar-refractivity contribution in [3.8, 4) is 0 Å². The van der Waals surface area contributed by atoms with E-state index in [0.717, 1.165) is 28.8 Å². The van der Waals surface area contributed by atoms with Crippen LogP contribution in [0, 0.1) is 0 Å². The first-order valence-corrected chi connectivity index (χ1v) is 14.7. The Morgan fingerprint density at radius 2 is 1.33 bits per heavy atom. The van der Waals surface area contributed by atoms with Crippen LogP contribution in [0.4, 0.5) is 16.4 Å². The van der Waals surface area contributed by atoms with Gasteiger partial charge < -0.3 is 40.0 Å².